The number of carbonyl (C=O) groups is 2. The second-order valence-corrected chi connectivity index (χ2v) is 4.31. The molecule has 6 heteroatoms. The molecule has 0 atom stereocenters. The number of aromatic carboxylic acids is 1. The number of amides is 1. The zero-order chi connectivity index (χ0) is 15.1. The van der Waals surface area contributed by atoms with Crippen LogP contribution in [-0.4, -0.2) is 46.5 Å². The molecule has 0 spiro atoms. The lowest BCUT2D eigenvalue weighted by molar-refractivity contribution is -0.128. The Morgan fingerprint density at radius 1 is 1.25 bits per heavy atom. The number of hydrogen-bond acceptors (Lipinski definition) is 4. The SMILES string of the molecule is CCc1cc(C(=O)O)cc(NCC(=O)N(CC)CC)n1. The lowest BCUT2D eigenvalue weighted by atomic mass is 10.2. The highest BCUT2D eigenvalue weighted by atomic mass is 16.4. The van der Waals surface area contributed by atoms with Crippen LogP contribution in [-0.2, 0) is 11.2 Å². The monoisotopic (exact) mass is 279 g/mol. The van der Waals surface area contributed by atoms with E-state index in [1.807, 2.05) is 20.8 Å². The lowest BCUT2D eigenvalue weighted by Crippen LogP contribution is -2.35. The van der Waals surface area contributed by atoms with E-state index in [4.69, 9.17) is 5.11 Å². The molecule has 0 aliphatic carbocycles. The van der Waals surface area contributed by atoms with Crippen molar-refractivity contribution in [1.82, 2.24) is 9.88 Å². The number of nitrogens with zero attached hydrogens (tertiary/aromatic N) is 2. The summed E-state index contributed by atoms with van der Waals surface area (Å²) in [6.45, 7) is 7.15. The summed E-state index contributed by atoms with van der Waals surface area (Å²) in [5.41, 5.74) is 0.859. The topological polar surface area (TPSA) is 82.5 Å². The maximum Gasteiger partial charge on any atom is 0.335 e. The van der Waals surface area contributed by atoms with Crippen molar-refractivity contribution in [3.8, 4) is 0 Å². The molecule has 0 aliphatic rings. The van der Waals surface area contributed by atoms with Crippen molar-refractivity contribution in [2.45, 2.75) is 27.2 Å². The van der Waals surface area contributed by atoms with Gasteiger partial charge in [0, 0.05) is 18.8 Å². The fourth-order valence-corrected chi connectivity index (χ4v) is 1.84. The van der Waals surface area contributed by atoms with Crippen LogP contribution in [0.5, 0.6) is 0 Å². The average Bonchev–Trinajstić information content (AvgIpc) is 2.45. The minimum atomic E-state index is -1.000. The van der Waals surface area contributed by atoms with Crippen molar-refractivity contribution < 1.29 is 14.7 Å². The van der Waals surface area contributed by atoms with Gasteiger partial charge < -0.3 is 15.3 Å². The number of aryl methyl sites for hydroxylation is 1. The summed E-state index contributed by atoms with van der Waals surface area (Å²) >= 11 is 0. The van der Waals surface area contributed by atoms with E-state index in [1.54, 1.807) is 11.0 Å². The number of carbonyl (C=O) groups excluding carboxylic acids is 1. The normalized spacial score (nSPS) is 10.2. The maximum absolute atomic E-state index is 11.9. The van der Waals surface area contributed by atoms with Crippen molar-refractivity contribution in [3.05, 3.63) is 23.4 Å². The molecule has 0 radical (unpaired) electrons. The van der Waals surface area contributed by atoms with E-state index in [1.165, 1.54) is 6.07 Å². The Morgan fingerprint density at radius 2 is 1.90 bits per heavy atom. The molecule has 0 aliphatic heterocycles. The standard InChI is InChI=1S/C14H21N3O3/c1-4-11-7-10(14(19)20)8-12(16-11)15-9-13(18)17(5-2)6-3/h7-8H,4-6,9H2,1-3H3,(H,15,16)(H,19,20). The van der Waals surface area contributed by atoms with Crippen molar-refractivity contribution in [1.29, 1.82) is 0 Å². The van der Waals surface area contributed by atoms with E-state index in [-0.39, 0.29) is 18.0 Å². The Labute approximate surface area is 118 Å². The molecule has 2 N–H and O–H groups in total. The largest absolute Gasteiger partial charge is 0.478 e. The Balaban J connectivity index is 2.79. The summed E-state index contributed by atoms with van der Waals surface area (Å²) in [5, 5.41) is 11.9. The molecule has 0 saturated carbocycles. The van der Waals surface area contributed by atoms with Crippen LogP contribution in [0, 0.1) is 0 Å². The van der Waals surface area contributed by atoms with E-state index in [0.29, 0.717) is 31.0 Å². The molecule has 0 bridgehead atoms. The van der Waals surface area contributed by atoms with Crippen LogP contribution in [0.1, 0.15) is 36.8 Å². The second kappa shape index (κ2) is 7.47. The first-order valence-electron chi connectivity index (χ1n) is 6.77. The zero-order valence-electron chi connectivity index (χ0n) is 12.1. The van der Waals surface area contributed by atoms with Gasteiger partial charge in [0.25, 0.3) is 0 Å². The molecule has 1 amide bonds. The van der Waals surface area contributed by atoms with Crippen LogP contribution in [0.2, 0.25) is 0 Å². The quantitative estimate of drug-likeness (QED) is 0.792. The van der Waals surface area contributed by atoms with Gasteiger partial charge in [-0.3, -0.25) is 4.79 Å². The lowest BCUT2D eigenvalue weighted by Gasteiger charge is -2.19. The first kappa shape index (κ1) is 15.9. The number of carboxylic acid groups (broad SMARTS) is 1. The smallest absolute Gasteiger partial charge is 0.335 e. The number of nitrogens with one attached hydrogen (secondary N) is 1. The average molecular weight is 279 g/mol. The summed E-state index contributed by atoms with van der Waals surface area (Å²) in [6, 6.07) is 2.98. The van der Waals surface area contributed by atoms with Crippen LogP contribution in [0.25, 0.3) is 0 Å². The van der Waals surface area contributed by atoms with Gasteiger partial charge in [0.15, 0.2) is 0 Å². The summed E-state index contributed by atoms with van der Waals surface area (Å²) in [5.74, 6) is -0.613. The molecular weight excluding hydrogens is 258 g/mol. The fourth-order valence-electron chi connectivity index (χ4n) is 1.84. The Hall–Kier alpha value is -2.11. The minimum Gasteiger partial charge on any atom is -0.478 e. The summed E-state index contributed by atoms with van der Waals surface area (Å²) in [7, 11) is 0. The fraction of sp³-hybridized carbons (Fsp3) is 0.500. The van der Waals surface area contributed by atoms with E-state index >= 15 is 0 Å². The van der Waals surface area contributed by atoms with Gasteiger partial charge in [-0.25, -0.2) is 9.78 Å². The molecule has 1 heterocycles. The predicted octanol–water partition coefficient (Wildman–Crippen LogP) is 1.62. The molecule has 0 fully saturated rings. The molecule has 6 nitrogen and oxygen atoms in total. The molecular formula is C14H21N3O3. The van der Waals surface area contributed by atoms with Gasteiger partial charge in [-0.2, -0.15) is 0 Å². The summed E-state index contributed by atoms with van der Waals surface area (Å²) in [4.78, 5) is 28.9. The summed E-state index contributed by atoms with van der Waals surface area (Å²) in [6.07, 6.45) is 0.639. The van der Waals surface area contributed by atoms with Crippen LogP contribution < -0.4 is 5.32 Å². The highest BCUT2D eigenvalue weighted by molar-refractivity contribution is 5.89. The predicted molar refractivity (Wildman–Crippen MR) is 77.0 cm³/mol. The van der Waals surface area contributed by atoms with Crippen molar-refractivity contribution in [2.75, 3.05) is 25.0 Å². The van der Waals surface area contributed by atoms with Crippen LogP contribution in [0.3, 0.4) is 0 Å². The van der Waals surface area contributed by atoms with Crippen molar-refractivity contribution in [3.63, 3.8) is 0 Å². The third kappa shape index (κ3) is 4.22. The number of carboxylic acids is 1. The highest BCUT2D eigenvalue weighted by Crippen LogP contribution is 2.11. The number of hydrogen-bond donors (Lipinski definition) is 2. The van der Waals surface area contributed by atoms with Gasteiger partial charge in [0.1, 0.15) is 5.82 Å². The molecule has 0 unspecified atom stereocenters. The van der Waals surface area contributed by atoms with E-state index in [9.17, 15) is 9.59 Å². The molecule has 1 rings (SSSR count). The zero-order valence-corrected chi connectivity index (χ0v) is 12.1. The number of anilines is 1. The molecule has 0 saturated heterocycles. The molecule has 1 aromatic rings. The number of pyridine rings is 1. The van der Waals surface area contributed by atoms with E-state index in [0.717, 1.165) is 0 Å². The minimum absolute atomic E-state index is 0.0319. The van der Waals surface area contributed by atoms with Gasteiger partial charge in [-0.15, -0.1) is 0 Å². The molecule has 110 valence electrons. The molecule has 20 heavy (non-hydrogen) atoms. The first-order chi connectivity index (χ1) is 9.51. The summed E-state index contributed by atoms with van der Waals surface area (Å²) < 4.78 is 0. The number of aromatic nitrogens is 1. The maximum atomic E-state index is 11.9. The first-order valence-corrected chi connectivity index (χ1v) is 6.77. The highest BCUT2D eigenvalue weighted by Gasteiger charge is 2.11. The van der Waals surface area contributed by atoms with Gasteiger partial charge in [-0.1, -0.05) is 6.92 Å². The molecule has 1 aromatic heterocycles. The van der Waals surface area contributed by atoms with Crippen molar-refractivity contribution >= 4 is 17.7 Å². The Bertz CT molecular complexity index is 485. The van der Waals surface area contributed by atoms with Crippen molar-refractivity contribution in [2.24, 2.45) is 0 Å². The van der Waals surface area contributed by atoms with Gasteiger partial charge in [0.05, 0.1) is 12.1 Å². The number of likely N-dealkylation sites (N-methyl/N-ethyl adjacent to an activating group) is 1. The van der Waals surface area contributed by atoms with E-state index < -0.39 is 5.97 Å². The Morgan fingerprint density at radius 3 is 2.40 bits per heavy atom. The van der Waals surface area contributed by atoms with Crippen LogP contribution >= 0.6 is 0 Å². The Kier molecular flexibility index (Phi) is 5.96. The van der Waals surface area contributed by atoms with E-state index in [2.05, 4.69) is 10.3 Å². The third-order valence-corrected chi connectivity index (χ3v) is 3.02. The number of rotatable bonds is 7. The van der Waals surface area contributed by atoms with Gasteiger partial charge in [-0.05, 0) is 32.4 Å². The third-order valence-electron chi connectivity index (χ3n) is 3.02. The molecule has 0 aromatic carbocycles. The second-order valence-electron chi connectivity index (χ2n) is 4.31. The van der Waals surface area contributed by atoms with Crippen LogP contribution in [0.15, 0.2) is 12.1 Å². The van der Waals surface area contributed by atoms with Crippen LogP contribution in [0.4, 0.5) is 5.82 Å². The van der Waals surface area contributed by atoms with Gasteiger partial charge in [0.2, 0.25) is 5.91 Å². The van der Waals surface area contributed by atoms with Gasteiger partial charge >= 0.3 is 5.97 Å².